The summed E-state index contributed by atoms with van der Waals surface area (Å²) < 4.78 is 0. The summed E-state index contributed by atoms with van der Waals surface area (Å²) in [5.41, 5.74) is 0. The molecule has 0 spiro atoms. The number of hydrogen-bond acceptors (Lipinski definition) is 2. The lowest BCUT2D eigenvalue weighted by atomic mass is 10.4. The highest BCUT2D eigenvalue weighted by Crippen LogP contribution is 2.21. The molecule has 0 saturated heterocycles. The average molecular weight is 215 g/mol. The molecular formula is C10H11ClOS. The fourth-order valence-corrected chi connectivity index (χ4v) is 1.59. The standard InChI is InChI=1S/C10H11ClOS/c11-9-3-5-10(6-4-9)13-8-2-1-7-12/h2-6,8,12H,1,7H2/b8-2-. The van der Waals surface area contributed by atoms with Crippen LogP contribution in [-0.2, 0) is 0 Å². The molecule has 1 rings (SSSR count). The Kier molecular flexibility index (Phi) is 4.98. The molecule has 1 nitrogen and oxygen atoms in total. The molecule has 1 N–H and O–H groups in total. The molecule has 0 bridgehead atoms. The Hall–Kier alpha value is -0.440. The molecule has 0 aromatic heterocycles. The fraction of sp³-hybridized carbons (Fsp3) is 0.200. The van der Waals surface area contributed by atoms with Crippen LogP contribution in [-0.4, -0.2) is 11.7 Å². The van der Waals surface area contributed by atoms with Crippen molar-refractivity contribution >= 4 is 23.4 Å². The molecule has 13 heavy (non-hydrogen) atoms. The fourth-order valence-electron chi connectivity index (χ4n) is 0.782. The predicted octanol–water partition coefficient (Wildman–Crippen LogP) is 3.33. The lowest BCUT2D eigenvalue weighted by molar-refractivity contribution is 0.302. The van der Waals surface area contributed by atoms with Crippen LogP contribution in [0.5, 0.6) is 0 Å². The van der Waals surface area contributed by atoms with Crippen molar-refractivity contribution in [3.63, 3.8) is 0 Å². The van der Waals surface area contributed by atoms with Gasteiger partial charge in [-0.05, 0) is 36.1 Å². The Balaban J connectivity index is 2.41. The number of aliphatic hydroxyl groups excluding tert-OH is 1. The number of hydrogen-bond donors (Lipinski definition) is 1. The summed E-state index contributed by atoms with van der Waals surface area (Å²) in [6.07, 6.45) is 2.65. The van der Waals surface area contributed by atoms with Crippen LogP contribution in [0.1, 0.15) is 6.42 Å². The van der Waals surface area contributed by atoms with Crippen LogP contribution in [0.3, 0.4) is 0 Å². The summed E-state index contributed by atoms with van der Waals surface area (Å²) in [5.74, 6) is 0. The summed E-state index contributed by atoms with van der Waals surface area (Å²) in [6.45, 7) is 0.206. The van der Waals surface area contributed by atoms with Crippen molar-refractivity contribution in [2.24, 2.45) is 0 Å². The van der Waals surface area contributed by atoms with Crippen molar-refractivity contribution in [3.05, 3.63) is 40.8 Å². The van der Waals surface area contributed by atoms with Gasteiger partial charge in [0.05, 0.1) is 0 Å². The Morgan fingerprint density at radius 1 is 1.31 bits per heavy atom. The molecule has 1 aromatic rings. The van der Waals surface area contributed by atoms with E-state index in [0.717, 1.165) is 9.92 Å². The maximum atomic E-state index is 8.52. The van der Waals surface area contributed by atoms with Gasteiger partial charge in [0.1, 0.15) is 0 Å². The number of aliphatic hydroxyl groups is 1. The molecule has 0 amide bonds. The summed E-state index contributed by atoms with van der Waals surface area (Å²) >= 11 is 7.35. The first-order chi connectivity index (χ1) is 6.33. The van der Waals surface area contributed by atoms with E-state index in [1.54, 1.807) is 11.8 Å². The first kappa shape index (κ1) is 10.6. The highest BCUT2D eigenvalue weighted by atomic mass is 35.5. The molecular weight excluding hydrogens is 204 g/mol. The van der Waals surface area contributed by atoms with E-state index in [4.69, 9.17) is 16.7 Å². The van der Waals surface area contributed by atoms with Crippen LogP contribution >= 0.6 is 23.4 Å². The van der Waals surface area contributed by atoms with Gasteiger partial charge >= 0.3 is 0 Å². The van der Waals surface area contributed by atoms with Crippen molar-refractivity contribution < 1.29 is 5.11 Å². The first-order valence-electron chi connectivity index (χ1n) is 4.01. The molecule has 3 heteroatoms. The van der Waals surface area contributed by atoms with E-state index >= 15 is 0 Å². The summed E-state index contributed by atoms with van der Waals surface area (Å²) in [4.78, 5) is 1.15. The average Bonchev–Trinajstić information content (AvgIpc) is 2.15. The maximum Gasteiger partial charge on any atom is 0.0465 e. The minimum Gasteiger partial charge on any atom is -0.396 e. The van der Waals surface area contributed by atoms with Crippen molar-refractivity contribution in [2.45, 2.75) is 11.3 Å². The zero-order valence-electron chi connectivity index (χ0n) is 7.11. The van der Waals surface area contributed by atoms with Gasteiger partial charge in [-0.2, -0.15) is 0 Å². The monoisotopic (exact) mass is 214 g/mol. The van der Waals surface area contributed by atoms with Crippen LogP contribution in [0.4, 0.5) is 0 Å². The van der Waals surface area contributed by atoms with Gasteiger partial charge in [0.25, 0.3) is 0 Å². The minimum atomic E-state index is 0.206. The van der Waals surface area contributed by atoms with Gasteiger partial charge in [0.15, 0.2) is 0 Å². The molecule has 0 heterocycles. The van der Waals surface area contributed by atoms with E-state index in [1.165, 1.54) is 0 Å². The second-order valence-corrected chi connectivity index (χ2v) is 3.87. The quantitative estimate of drug-likeness (QED) is 0.776. The lowest BCUT2D eigenvalue weighted by Crippen LogP contribution is -1.74. The predicted molar refractivity (Wildman–Crippen MR) is 58.2 cm³/mol. The second-order valence-electron chi connectivity index (χ2n) is 2.46. The van der Waals surface area contributed by atoms with Crippen LogP contribution in [0.2, 0.25) is 5.02 Å². The van der Waals surface area contributed by atoms with E-state index in [-0.39, 0.29) is 6.61 Å². The van der Waals surface area contributed by atoms with Gasteiger partial charge in [0.2, 0.25) is 0 Å². The van der Waals surface area contributed by atoms with Gasteiger partial charge in [-0.15, -0.1) is 0 Å². The van der Waals surface area contributed by atoms with Gasteiger partial charge in [-0.1, -0.05) is 29.4 Å². The van der Waals surface area contributed by atoms with Gasteiger partial charge in [-0.3, -0.25) is 0 Å². The third-order valence-corrected chi connectivity index (χ3v) is 2.53. The molecule has 0 radical (unpaired) electrons. The molecule has 0 aliphatic carbocycles. The van der Waals surface area contributed by atoms with Crippen LogP contribution in [0.15, 0.2) is 40.6 Å². The second kappa shape index (κ2) is 6.08. The van der Waals surface area contributed by atoms with Crippen LogP contribution in [0, 0.1) is 0 Å². The zero-order chi connectivity index (χ0) is 9.52. The maximum absolute atomic E-state index is 8.52. The van der Waals surface area contributed by atoms with Gasteiger partial charge in [-0.25, -0.2) is 0 Å². The third kappa shape index (κ3) is 4.36. The normalized spacial score (nSPS) is 10.9. The van der Waals surface area contributed by atoms with E-state index in [0.29, 0.717) is 6.42 Å². The lowest BCUT2D eigenvalue weighted by Gasteiger charge is -1.95. The van der Waals surface area contributed by atoms with E-state index in [2.05, 4.69) is 0 Å². The van der Waals surface area contributed by atoms with Crippen LogP contribution in [0.25, 0.3) is 0 Å². The number of benzene rings is 1. The van der Waals surface area contributed by atoms with E-state index in [1.807, 2.05) is 35.7 Å². The SMILES string of the molecule is OCC/C=C\Sc1ccc(Cl)cc1. The summed E-state index contributed by atoms with van der Waals surface area (Å²) in [5, 5.41) is 11.2. The Morgan fingerprint density at radius 3 is 2.62 bits per heavy atom. The molecule has 0 aliphatic heterocycles. The zero-order valence-corrected chi connectivity index (χ0v) is 8.68. The summed E-state index contributed by atoms with van der Waals surface area (Å²) in [6, 6.07) is 7.67. The molecule has 0 atom stereocenters. The first-order valence-corrected chi connectivity index (χ1v) is 5.27. The Labute approximate surface area is 87.4 Å². The number of halogens is 1. The molecule has 70 valence electrons. The molecule has 0 aliphatic rings. The van der Waals surface area contributed by atoms with Crippen LogP contribution < -0.4 is 0 Å². The highest BCUT2D eigenvalue weighted by molar-refractivity contribution is 8.02. The highest BCUT2D eigenvalue weighted by Gasteiger charge is 1.89. The van der Waals surface area contributed by atoms with Gasteiger partial charge in [0, 0.05) is 16.5 Å². The van der Waals surface area contributed by atoms with E-state index in [9.17, 15) is 0 Å². The molecule has 0 unspecified atom stereocenters. The topological polar surface area (TPSA) is 20.2 Å². The molecule has 0 fully saturated rings. The van der Waals surface area contributed by atoms with Crippen molar-refractivity contribution in [2.75, 3.05) is 6.61 Å². The number of rotatable bonds is 4. The third-order valence-electron chi connectivity index (χ3n) is 1.41. The Morgan fingerprint density at radius 2 is 2.00 bits per heavy atom. The van der Waals surface area contributed by atoms with Crippen molar-refractivity contribution in [1.29, 1.82) is 0 Å². The van der Waals surface area contributed by atoms with E-state index < -0.39 is 0 Å². The Bertz CT molecular complexity index is 269. The number of thioether (sulfide) groups is 1. The van der Waals surface area contributed by atoms with Gasteiger partial charge < -0.3 is 5.11 Å². The molecule has 1 aromatic carbocycles. The smallest absolute Gasteiger partial charge is 0.0465 e. The minimum absolute atomic E-state index is 0.206. The van der Waals surface area contributed by atoms with Crippen molar-refractivity contribution in [3.8, 4) is 0 Å². The summed E-state index contributed by atoms with van der Waals surface area (Å²) in [7, 11) is 0. The largest absolute Gasteiger partial charge is 0.396 e. The van der Waals surface area contributed by atoms with Crippen molar-refractivity contribution in [1.82, 2.24) is 0 Å². The molecule has 0 saturated carbocycles.